The van der Waals surface area contributed by atoms with Gasteiger partial charge in [-0.25, -0.2) is 0 Å². The second-order valence-corrected chi connectivity index (χ2v) is 5.06. The third-order valence-corrected chi connectivity index (χ3v) is 3.78. The van der Waals surface area contributed by atoms with Crippen molar-refractivity contribution in [3.05, 3.63) is 0 Å². The molecule has 0 aromatic carbocycles. The van der Waals surface area contributed by atoms with Gasteiger partial charge in [-0.3, -0.25) is 4.79 Å². The smallest absolute Gasteiger partial charge is 0.226 e. The Labute approximate surface area is 92.2 Å². The summed E-state index contributed by atoms with van der Waals surface area (Å²) in [6.07, 6.45) is 6.22. The molecule has 1 amide bonds. The monoisotopic (exact) mass is 210 g/mol. The molecule has 2 rings (SSSR count). The Morgan fingerprint density at radius 2 is 2.13 bits per heavy atom. The van der Waals surface area contributed by atoms with E-state index < -0.39 is 0 Å². The number of hydrogen-bond acceptors (Lipinski definition) is 2. The maximum absolute atomic E-state index is 12.1. The van der Waals surface area contributed by atoms with Crippen LogP contribution >= 0.6 is 0 Å². The van der Waals surface area contributed by atoms with Crippen LogP contribution in [-0.2, 0) is 4.79 Å². The lowest BCUT2D eigenvalue weighted by molar-refractivity contribution is -0.135. The van der Waals surface area contributed by atoms with Crippen molar-refractivity contribution in [2.75, 3.05) is 26.7 Å². The largest absolute Gasteiger partial charge is 0.345 e. The van der Waals surface area contributed by atoms with Crippen molar-refractivity contribution in [3.8, 4) is 0 Å². The average molecular weight is 210 g/mol. The lowest BCUT2D eigenvalue weighted by atomic mass is 9.85. The first-order valence-electron chi connectivity index (χ1n) is 6.23. The number of carbonyl (C=O) groups is 1. The number of hydrogen-bond donors (Lipinski definition) is 1. The molecule has 2 fully saturated rings. The first-order chi connectivity index (χ1) is 7.27. The molecule has 1 heterocycles. The van der Waals surface area contributed by atoms with E-state index in [0.29, 0.717) is 5.91 Å². The average Bonchev–Trinajstić information content (AvgIpc) is 2.23. The summed E-state index contributed by atoms with van der Waals surface area (Å²) in [5.41, 5.74) is 0. The fourth-order valence-electron chi connectivity index (χ4n) is 2.53. The van der Waals surface area contributed by atoms with Crippen molar-refractivity contribution in [3.63, 3.8) is 0 Å². The van der Waals surface area contributed by atoms with Crippen LogP contribution in [0.1, 0.15) is 32.1 Å². The van der Waals surface area contributed by atoms with Crippen LogP contribution < -0.4 is 5.32 Å². The van der Waals surface area contributed by atoms with E-state index in [2.05, 4.69) is 5.32 Å². The van der Waals surface area contributed by atoms with E-state index in [9.17, 15) is 4.79 Å². The Hall–Kier alpha value is -0.570. The minimum absolute atomic E-state index is 0.240. The van der Waals surface area contributed by atoms with Gasteiger partial charge < -0.3 is 10.2 Å². The zero-order valence-corrected chi connectivity index (χ0v) is 9.67. The standard InChI is InChI=1S/C12H22N2O/c1-14(9-10-4-2-5-10)12(15)11-6-3-7-13-8-11/h10-11,13H,2-9H2,1H3. The molecule has 1 aliphatic heterocycles. The summed E-state index contributed by atoms with van der Waals surface area (Å²) in [6.45, 7) is 2.94. The van der Waals surface area contributed by atoms with E-state index in [1.165, 1.54) is 19.3 Å². The number of nitrogens with zero attached hydrogens (tertiary/aromatic N) is 1. The number of amides is 1. The Morgan fingerprint density at radius 3 is 2.67 bits per heavy atom. The van der Waals surface area contributed by atoms with Crippen molar-refractivity contribution in [2.45, 2.75) is 32.1 Å². The molecule has 1 saturated carbocycles. The van der Waals surface area contributed by atoms with Crippen molar-refractivity contribution in [1.82, 2.24) is 10.2 Å². The predicted octanol–water partition coefficient (Wildman–Crippen LogP) is 1.24. The first kappa shape index (κ1) is 10.9. The molecular formula is C12H22N2O. The zero-order valence-electron chi connectivity index (χ0n) is 9.67. The summed E-state index contributed by atoms with van der Waals surface area (Å²) in [5.74, 6) is 1.38. The summed E-state index contributed by atoms with van der Waals surface area (Å²) in [4.78, 5) is 14.0. The van der Waals surface area contributed by atoms with Crippen LogP contribution in [0.3, 0.4) is 0 Å². The molecule has 0 aromatic rings. The van der Waals surface area contributed by atoms with Gasteiger partial charge in [-0.15, -0.1) is 0 Å². The molecule has 86 valence electrons. The second kappa shape index (κ2) is 4.97. The fraction of sp³-hybridized carbons (Fsp3) is 0.917. The van der Waals surface area contributed by atoms with E-state index in [0.717, 1.165) is 38.4 Å². The van der Waals surface area contributed by atoms with Gasteiger partial charge in [0.1, 0.15) is 0 Å². The highest BCUT2D eigenvalue weighted by atomic mass is 16.2. The molecule has 1 saturated heterocycles. The van der Waals surface area contributed by atoms with Crippen molar-refractivity contribution >= 4 is 5.91 Å². The first-order valence-corrected chi connectivity index (χ1v) is 6.23. The van der Waals surface area contributed by atoms with Crippen LogP contribution in [0.5, 0.6) is 0 Å². The predicted molar refractivity (Wildman–Crippen MR) is 60.6 cm³/mol. The molecule has 1 aliphatic carbocycles. The van der Waals surface area contributed by atoms with Gasteiger partial charge in [-0.1, -0.05) is 6.42 Å². The van der Waals surface area contributed by atoms with E-state index in [1.807, 2.05) is 11.9 Å². The summed E-state index contributed by atoms with van der Waals surface area (Å²) in [5, 5.41) is 3.30. The maximum Gasteiger partial charge on any atom is 0.226 e. The molecule has 3 heteroatoms. The lowest BCUT2D eigenvalue weighted by Crippen LogP contribution is -2.43. The fourth-order valence-corrected chi connectivity index (χ4v) is 2.53. The van der Waals surface area contributed by atoms with Crippen molar-refractivity contribution in [1.29, 1.82) is 0 Å². The van der Waals surface area contributed by atoms with E-state index >= 15 is 0 Å². The molecule has 0 radical (unpaired) electrons. The number of nitrogens with one attached hydrogen (secondary N) is 1. The van der Waals surface area contributed by atoms with Crippen LogP contribution in [0.25, 0.3) is 0 Å². The van der Waals surface area contributed by atoms with Gasteiger partial charge >= 0.3 is 0 Å². The van der Waals surface area contributed by atoms with Crippen LogP contribution in [-0.4, -0.2) is 37.5 Å². The van der Waals surface area contributed by atoms with Gasteiger partial charge in [0.25, 0.3) is 0 Å². The maximum atomic E-state index is 12.1. The number of piperidine rings is 1. The topological polar surface area (TPSA) is 32.3 Å². The van der Waals surface area contributed by atoms with Gasteiger partial charge in [-0.05, 0) is 38.1 Å². The summed E-state index contributed by atoms with van der Waals surface area (Å²) >= 11 is 0. The third kappa shape index (κ3) is 2.71. The van der Waals surface area contributed by atoms with Crippen LogP contribution in [0, 0.1) is 11.8 Å². The van der Waals surface area contributed by atoms with Crippen LogP contribution in [0.2, 0.25) is 0 Å². The summed E-state index contributed by atoms with van der Waals surface area (Å²) in [7, 11) is 1.97. The van der Waals surface area contributed by atoms with E-state index in [-0.39, 0.29) is 5.92 Å². The minimum Gasteiger partial charge on any atom is -0.345 e. The molecule has 1 atom stereocenters. The second-order valence-electron chi connectivity index (χ2n) is 5.06. The minimum atomic E-state index is 0.240. The van der Waals surface area contributed by atoms with Gasteiger partial charge in [0.15, 0.2) is 0 Å². The summed E-state index contributed by atoms with van der Waals surface area (Å²) in [6, 6.07) is 0. The summed E-state index contributed by atoms with van der Waals surface area (Å²) < 4.78 is 0. The normalized spacial score (nSPS) is 27.1. The molecule has 2 aliphatic rings. The van der Waals surface area contributed by atoms with E-state index in [1.54, 1.807) is 0 Å². The zero-order chi connectivity index (χ0) is 10.7. The molecule has 1 unspecified atom stereocenters. The number of carbonyl (C=O) groups excluding carboxylic acids is 1. The third-order valence-electron chi connectivity index (χ3n) is 3.78. The molecular weight excluding hydrogens is 188 g/mol. The van der Waals surface area contributed by atoms with Gasteiger partial charge in [0, 0.05) is 20.1 Å². The molecule has 15 heavy (non-hydrogen) atoms. The molecule has 0 bridgehead atoms. The molecule has 3 nitrogen and oxygen atoms in total. The van der Waals surface area contributed by atoms with Gasteiger partial charge in [-0.2, -0.15) is 0 Å². The van der Waals surface area contributed by atoms with Crippen LogP contribution in [0.4, 0.5) is 0 Å². The molecule has 1 N–H and O–H groups in total. The van der Waals surface area contributed by atoms with Crippen LogP contribution in [0.15, 0.2) is 0 Å². The molecule has 0 aromatic heterocycles. The van der Waals surface area contributed by atoms with E-state index in [4.69, 9.17) is 0 Å². The Bertz CT molecular complexity index is 220. The lowest BCUT2D eigenvalue weighted by Gasteiger charge is -2.33. The van der Waals surface area contributed by atoms with Crippen molar-refractivity contribution < 1.29 is 4.79 Å². The molecule has 0 spiro atoms. The SMILES string of the molecule is CN(CC1CCC1)C(=O)C1CCCNC1. The highest BCUT2D eigenvalue weighted by molar-refractivity contribution is 5.78. The Morgan fingerprint density at radius 1 is 1.33 bits per heavy atom. The number of rotatable bonds is 3. The Kier molecular flexibility index (Phi) is 3.62. The highest BCUT2D eigenvalue weighted by Crippen LogP contribution is 2.27. The van der Waals surface area contributed by atoms with Gasteiger partial charge in [0.2, 0.25) is 5.91 Å². The van der Waals surface area contributed by atoms with Gasteiger partial charge in [0.05, 0.1) is 5.92 Å². The highest BCUT2D eigenvalue weighted by Gasteiger charge is 2.26. The quantitative estimate of drug-likeness (QED) is 0.760. The Balaban J connectivity index is 1.77. The van der Waals surface area contributed by atoms with Crippen molar-refractivity contribution in [2.24, 2.45) is 11.8 Å².